The number of rotatable bonds is 25. The number of carbonyl (C=O) groups excluding carboxylic acids is 4. The lowest BCUT2D eigenvalue weighted by molar-refractivity contribution is 0.547. The highest BCUT2D eigenvalue weighted by atomic mass is 32.2. The van der Waals surface area contributed by atoms with E-state index in [0.29, 0.717) is 13.1 Å². The maximum Gasteiger partial charge on any atom is 0.236 e. The molecule has 0 aliphatic rings. The average molecular weight is 537 g/mol. The van der Waals surface area contributed by atoms with Crippen LogP contribution in [0.25, 0.3) is 0 Å². The van der Waals surface area contributed by atoms with Gasteiger partial charge in [0.05, 0.1) is 13.1 Å². The number of aliphatic imine (C=N–C) groups is 4. The molecule has 210 valence electrons. The van der Waals surface area contributed by atoms with Gasteiger partial charge >= 0.3 is 0 Å². The molecular formula is C28H48N4O4S. The quantitative estimate of drug-likeness (QED) is 0.0671. The van der Waals surface area contributed by atoms with Crippen molar-refractivity contribution in [3.8, 4) is 0 Å². The highest BCUT2D eigenvalue weighted by Gasteiger charge is 2.15. The first-order chi connectivity index (χ1) is 18.2. The lowest BCUT2D eigenvalue weighted by Gasteiger charge is -2.15. The van der Waals surface area contributed by atoms with E-state index in [1.54, 1.807) is 24.3 Å². The van der Waals surface area contributed by atoms with Crippen LogP contribution in [-0.2, 0) is 19.2 Å². The first kappa shape index (κ1) is 37.0. The minimum Gasteiger partial charge on any atom is -0.211 e. The van der Waals surface area contributed by atoms with E-state index in [1.165, 1.54) is 50.3 Å². The molecule has 0 N–H and O–H groups in total. The van der Waals surface area contributed by atoms with E-state index in [0.717, 1.165) is 77.0 Å². The molecule has 0 bridgehead atoms. The van der Waals surface area contributed by atoms with E-state index in [2.05, 4.69) is 33.8 Å². The summed E-state index contributed by atoms with van der Waals surface area (Å²) in [6.45, 7) is 5.53. The van der Waals surface area contributed by atoms with E-state index in [-0.39, 0.29) is 10.7 Å². The monoisotopic (exact) mass is 536 g/mol. The Bertz CT molecular complexity index is 638. The van der Waals surface area contributed by atoms with Gasteiger partial charge in [-0.25, -0.2) is 29.2 Å². The largest absolute Gasteiger partial charge is 0.236 e. The lowest BCUT2D eigenvalue weighted by Crippen LogP contribution is -2.08. The molecule has 2 atom stereocenters. The second-order valence-electron chi connectivity index (χ2n) is 8.96. The van der Waals surface area contributed by atoms with Gasteiger partial charge in [0.2, 0.25) is 24.3 Å². The summed E-state index contributed by atoms with van der Waals surface area (Å²) in [4.78, 5) is 55.2. The second kappa shape index (κ2) is 33.9. The Labute approximate surface area is 228 Å². The van der Waals surface area contributed by atoms with Gasteiger partial charge in [0.15, 0.2) is 0 Å². The zero-order valence-corrected chi connectivity index (χ0v) is 23.9. The van der Waals surface area contributed by atoms with Gasteiger partial charge < -0.3 is 0 Å². The van der Waals surface area contributed by atoms with Crippen LogP contribution in [0.15, 0.2) is 20.0 Å². The number of hydrogen-bond donors (Lipinski definition) is 0. The molecule has 37 heavy (non-hydrogen) atoms. The van der Waals surface area contributed by atoms with Crippen molar-refractivity contribution in [2.75, 3.05) is 13.1 Å². The molecule has 9 heteroatoms. The minimum absolute atomic E-state index is 0.132. The van der Waals surface area contributed by atoms with E-state index in [9.17, 15) is 19.2 Å². The maximum absolute atomic E-state index is 10.4. The molecule has 0 fully saturated rings. The predicted octanol–water partition coefficient (Wildman–Crippen LogP) is 7.76. The Hall–Kier alpha value is -2.13. The summed E-state index contributed by atoms with van der Waals surface area (Å²) in [5.74, 6) is 0. The van der Waals surface area contributed by atoms with Gasteiger partial charge in [-0.2, -0.15) is 9.98 Å². The Morgan fingerprint density at radius 2 is 0.838 bits per heavy atom. The highest BCUT2D eigenvalue weighted by molar-refractivity contribution is 8.00. The first-order valence-corrected chi connectivity index (χ1v) is 15.0. The first-order valence-electron chi connectivity index (χ1n) is 14.1. The molecule has 0 heterocycles. The molecule has 0 radical (unpaired) electrons. The van der Waals surface area contributed by atoms with Crippen molar-refractivity contribution in [2.45, 2.75) is 140 Å². The van der Waals surface area contributed by atoms with Crippen molar-refractivity contribution in [3.63, 3.8) is 0 Å². The number of hydrogen-bond acceptors (Lipinski definition) is 9. The van der Waals surface area contributed by atoms with Crippen molar-refractivity contribution in [1.82, 2.24) is 0 Å². The van der Waals surface area contributed by atoms with Crippen LogP contribution in [-0.4, -0.2) is 48.2 Å². The molecule has 0 saturated heterocycles. The van der Waals surface area contributed by atoms with Gasteiger partial charge in [-0.05, 0) is 25.7 Å². The summed E-state index contributed by atoms with van der Waals surface area (Å²) in [5.41, 5.74) is 0. The maximum atomic E-state index is 10.4. The molecule has 0 aliphatic heterocycles. The molecule has 2 unspecified atom stereocenters. The Morgan fingerprint density at radius 3 is 1.14 bits per heavy atom. The third kappa shape index (κ3) is 31.8. The smallest absolute Gasteiger partial charge is 0.211 e. The molecule has 0 aromatic rings. The highest BCUT2D eigenvalue weighted by Crippen LogP contribution is 2.27. The van der Waals surface area contributed by atoms with Crippen LogP contribution in [0.1, 0.15) is 129 Å². The van der Waals surface area contributed by atoms with Crippen LogP contribution in [0.2, 0.25) is 0 Å². The number of unbranched alkanes of at least 4 members (excludes halogenated alkanes) is 13. The van der Waals surface area contributed by atoms with E-state index < -0.39 is 0 Å². The lowest BCUT2D eigenvalue weighted by atomic mass is 10.1. The van der Waals surface area contributed by atoms with Gasteiger partial charge in [-0.1, -0.05) is 104 Å². The fourth-order valence-corrected chi connectivity index (χ4v) is 4.83. The van der Waals surface area contributed by atoms with Gasteiger partial charge in [0.1, 0.15) is 10.7 Å². The van der Waals surface area contributed by atoms with Gasteiger partial charge in [0, 0.05) is 0 Å². The van der Waals surface area contributed by atoms with Crippen molar-refractivity contribution in [2.24, 2.45) is 20.0 Å². The average Bonchev–Trinajstić information content (AvgIpc) is 2.90. The number of isocyanates is 4. The number of nitrogens with zero attached hydrogens (tertiary/aromatic N) is 4. The Morgan fingerprint density at radius 1 is 0.486 bits per heavy atom. The molecular weight excluding hydrogens is 488 g/mol. The Balaban J connectivity index is 0. The van der Waals surface area contributed by atoms with Gasteiger partial charge in [-0.3, -0.25) is 0 Å². The SMILES string of the molecule is CCCCCC(N=C=O)SC(CCCCC)N=C=O.O=C=NCCCCCCCCCCCCN=C=O. The van der Waals surface area contributed by atoms with Crippen LogP contribution in [0, 0.1) is 0 Å². The molecule has 0 aromatic heterocycles. The molecule has 0 amide bonds. The van der Waals surface area contributed by atoms with Crippen molar-refractivity contribution in [1.29, 1.82) is 0 Å². The summed E-state index contributed by atoms with van der Waals surface area (Å²) < 4.78 is 0. The van der Waals surface area contributed by atoms with E-state index >= 15 is 0 Å². The van der Waals surface area contributed by atoms with Crippen LogP contribution in [0.5, 0.6) is 0 Å². The summed E-state index contributed by atoms with van der Waals surface area (Å²) in [5, 5.41) is -0.263. The predicted molar refractivity (Wildman–Crippen MR) is 152 cm³/mol. The Kier molecular flexibility index (Phi) is 33.9. The third-order valence-corrected chi connectivity index (χ3v) is 7.05. The summed E-state index contributed by atoms with van der Waals surface area (Å²) in [7, 11) is 0. The molecule has 0 aromatic carbocycles. The minimum atomic E-state index is -0.132. The fourth-order valence-electron chi connectivity index (χ4n) is 3.65. The topological polar surface area (TPSA) is 118 Å². The summed E-state index contributed by atoms with van der Waals surface area (Å²) in [6, 6.07) is 0. The zero-order chi connectivity index (χ0) is 27.7. The third-order valence-electron chi connectivity index (χ3n) is 5.74. The van der Waals surface area contributed by atoms with E-state index in [4.69, 9.17) is 0 Å². The zero-order valence-electron chi connectivity index (χ0n) is 23.1. The standard InChI is InChI=1S/C14H24N2O2S.C14H24N2O2/c1-3-5-7-9-13(15-11-17)19-14(16-12-18)10-8-6-4-2;17-13-15-11-9-7-5-3-1-2-4-6-8-10-12-16-14-18/h13-14H,3-10H2,1-2H3;1-12H2. The van der Waals surface area contributed by atoms with Crippen LogP contribution < -0.4 is 0 Å². The summed E-state index contributed by atoms with van der Waals surface area (Å²) >= 11 is 1.48. The van der Waals surface area contributed by atoms with Crippen LogP contribution >= 0.6 is 11.8 Å². The fraction of sp³-hybridized carbons (Fsp3) is 0.857. The van der Waals surface area contributed by atoms with Crippen molar-refractivity contribution >= 4 is 36.1 Å². The van der Waals surface area contributed by atoms with Gasteiger partial charge in [0.25, 0.3) is 0 Å². The molecule has 0 aliphatic carbocycles. The molecule has 8 nitrogen and oxygen atoms in total. The van der Waals surface area contributed by atoms with Crippen molar-refractivity contribution < 1.29 is 19.2 Å². The second-order valence-corrected chi connectivity index (χ2v) is 10.3. The number of thioether (sulfide) groups is 1. The molecule has 0 rings (SSSR count). The van der Waals surface area contributed by atoms with Crippen LogP contribution in [0.4, 0.5) is 0 Å². The van der Waals surface area contributed by atoms with Gasteiger partial charge in [-0.15, -0.1) is 11.8 Å². The normalized spacial score (nSPS) is 11.4. The summed E-state index contributed by atoms with van der Waals surface area (Å²) in [6.07, 6.45) is 26.6. The van der Waals surface area contributed by atoms with E-state index in [1.807, 2.05) is 0 Å². The van der Waals surface area contributed by atoms with Crippen LogP contribution in [0.3, 0.4) is 0 Å². The van der Waals surface area contributed by atoms with Crippen molar-refractivity contribution in [3.05, 3.63) is 0 Å². The molecule has 0 saturated carbocycles. The molecule has 0 spiro atoms.